The molecule has 0 radical (unpaired) electrons. The molecule has 0 aromatic carbocycles. The molecule has 178 valence electrons. The summed E-state index contributed by atoms with van der Waals surface area (Å²) in [5, 5.41) is 3.04. The van der Waals surface area contributed by atoms with Crippen molar-refractivity contribution >= 4 is 17.0 Å². The highest BCUT2D eigenvalue weighted by atomic mass is 19.4. The molecule has 33 heavy (non-hydrogen) atoms. The Balaban J connectivity index is 1.62. The minimum Gasteiger partial charge on any atom is -0.383 e. The molecule has 1 aliphatic rings. The summed E-state index contributed by atoms with van der Waals surface area (Å²) in [5.74, 6) is 0.112. The van der Waals surface area contributed by atoms with Crippen molar-refractivity contribution in [1.29, 1.82) is 0 Å². The molecular formula is C20H23F4N7O2. The van der Waals surface area contributed by atoms with Crippen molar-refractivity contribution < 1.29 is 27.0 Å². The number of hydrogen-bond acceptors (Lipinski definition) is 8. The Bertz CT molecular complexity index is 1090. The maximum Gasteiger partial charge on any atom is 0.406 e. The first-order valence-corrected chi connectivity index (χ1v) is 10.3. The van der Waals surface area contributed by atoms with E-state index in [1.54, 1.807) is 0 Å². The number of nitrogens with one attached hydrogen (secondary N) is 1. The van der Waals surface area contributed by atoms with Crippen LogP contribution in [0.2, 0.25) is 0 Å². The fraction of sp³-hybridized carbons (Fsp3) is 0.500. The van der Waals surface area contributed by atoms with Crippen LogP contribution in [0.5, 0.6) is 0 Å². The molecule has 0 amide bonds. The predicted molar refractivity (Wildman–Crippen MR) is 110 cm³/mol. The van der Waals surface area contributed by atoms with Crippen LogP contribution in [0.15, 0.2) is 24.7 Å². The minimum atomic E-state index is -4.44. The summed E-state index contributed by atoms with van der Waals surface area (Å²) >= 11 is 0. The van der Waals surface area contributed by atoms with E-state index >= 15 is 0 Å². The molecule has 0 saturated carbocycles. The van der Waals surface area contributed by atoms with E-state index in [2.05, 4.69) is 25.3 Å². The van der Waals surface area contributed by atoms with Crippen molar-refractivity contribution in [2.75, 3.05) is 45.3 Å². The van der Waals surface area contributed by atoms with E-state index in [4.69, 9.17) is 9.47 Å². The van der Waals surface area contributed by atoms with E-state index in [0.717, 1.165) is 10.9 Å². The highest BCUT2D eigenvalue weighted by molar-refractivity contribution is 5.83. The zero-order valence-electron chi connectivity index (χ0n) is 17.8. The number of halogens is 4. The summed E-state index contributed by atoms with van der Waals surface area (Å²) in [5.41, 5.74) is 0.579. The molecule has 9 nitrogen and oxygen atoms in total. The molecule has 1 atom stereocenters. The van der Waals surface area contributed by atoms with Crippen LogP contribution >= 0.6 is 0 Å². The number of morpholine rings is 1. The average molecular weight is 469 g/mol. The second-order valence-corrected chi connectivity index (χ2v) is 7.54. The van der Waals surface area contributed by atoms with E-state index in [9.17, 15) is 17.6 Å². The summed E-state index contributed by atoms with van der Waals surface area (Å²) in [6, 6.07) is 2.86. The quantitative estimate of drug-likeness (QED) is 0.398. The lowest BCUT2D eigenvalue weighted by Gasteiger charge is -2.32. The molecule has 3 aromatic heterocycles. The first-order chi connectivity index (χ1) is 15.8. The van der Waals surface area contributed by atoms with Gasteiger partial charge in [-0.2, -0.15) is 13.2 Å². The predicted octanol–water partition coefficient (Wildman–Crippen LogP) is 2.55. The van der Waals surface area contributed by atoms with Gasteiger partial charge in [0.1, 0.15) is 24.0 Å². The first kappa shape index (κ1) is 23.3. The molecule has 3 aromatic rings. The number of anilines is 1. The van der Waals surface area contributed by atoms with Crippen LogP contribution in [0.4, 0.5) is 23.4 Å². The van der Waals surface area contributed by atoms with E-state index < -0.39 is 24.6 Å². The Hall–Kier alpha value is -2.90. The van der Waals surface area contributed by atoms with E-state index in [0.29, 0.717) is 44.4 Å². The number of imidazole rings is 1. The van der Waals surface area contributed by atoms with Crippen molar-refractivity contribution in [3.05, 3.63) is 42.0 Å². The van der Waals surface area contributed by atoms with Gasteiger partial charge in [-0.05, 0) is 12.1 Å². The number of pyridine rings is 1. The SMILES string of the molecule is COCCNc1nc(C2CN(Cc3ncccc3F)CCO2)nc2c1ncn2CC(F)(F)F. The largest absolute Gasteiger partial charge is 0.406 e. The Labute approximate surface area is 186 Å². The number of hydrogen-bond donors (Lipinski definition) is 1. The molecule has 13 heteroatoms. The lowest BCUT2D eigenvalue weighted by molar-refractivity contribution is -0.140. The Morgan fingerprint density at radius 2 is 2.12 bits per heavy atom. The zero-order chi connectivity index (χ0) is 23.4. The minimum absolute atomic E-state index is 0.0498. The Morgan fingerprint density at radius 1 is 1.27 bits per heavy atom. The Kier molecular flexibility index (Phi) is 7.00. The van der Waals surface area contributed by atoms with Gasteiger partial charge in [-0.3, -0.25) is 9.88 Å². The number of ether oxygens (including phenoxy) is 2. The van der Waals surface area contributed by atoms with Gasteiger partial charge in [0, 0.05) is 39.5 Å². The summed E-state index contributed by atoms with van der Waals surface area (Å²) in [6.45, 7) is 0.979. The van der Waals surface area contributed by atoms with Crippen LogP contribution in [-0.2, 0) is 22.6 Å². The van der Waals surface area contributed by atoms with Gasteiger partial charge in [0.15, 0.2) is 17.3 Å². The lowest BCUT2D eigenvalue weighted by atomic mass is 10.2. The van der Waals surface area contributed by atoms with Crippen LogP contribution in [0.1, 0.15) is 17.6 Å². The summed E-state index contributed by atoms with van der Waals surface area (Å²) < 4.78 is 65.0. The molecule has 0 bridgehead atoms. The molecule has 1 unspecified atom stereocenters. The molecule has 0 aliphatic carbocycles. The van der Waals surface area contributed by atoms with Crippen molar-refractivity contribution in [3.63, 3.8) is 0 Å². The summed E-state index contributed by atoms with van der Waals surface area (Å²) in [6.07, 6.45) is -2.44. The van der Waals surface area contributed by atoms with Crippen molar-refractivity contribution in [1.82, 2.24) is 29.4 Å². The normalized spacial score (nSPS) is 17.5. The average Bonchev–Trinajstić information content (AvgIpc) is 3.17. The van der Waals surface area contributed by atoms with Crippen molar-refractivity contribution in [2.24, 2.45) is 0 Å². The highest BCUT2D eigenvalue weighted by Crippen LogP contribution is 2.27. The first-order valence-electron chi connectivity index (χ1n) is 10.3. The van der Waals surface area contributed by atoms with Gasteiger partial charge in [-0.15, -0.1) is 0 Å². The molecule has 1 fully saturated rings. The third-order valence-electron chi connectivity index (χ3n) is 5.08. The molecular weight excluding hydrogens is 446 g/mol. The zero-order valence-corrected chi connectivity index (χ0v) is 17.8. The molecule has 4 rings (SSSR count). The van der Waals surface area contributed by atoms with Crippen molar-refractivity contribution in [3.8, 4) is 0 Å². The topological polar surface area (TPSA) is 90.2 Å². The number of alkyl halides is 3. The number of aromatic nitrogens is 5. The van der Waals surface area contributed by atoms with Gasteiger partial charge < -0.3 is 19.4 Å². The molecule has 4 heterocycles. The van der Waals surface area contributed by atoms with Crippen LogP contribution in [0, 0.1) is 5.82 Å². The van der Waals surface area contributed by atoms with Gasteiger partial charge in [0.25, 0.3) is 0 Å². The maximum absolute atomic E-state index is 14.0. The van der Waals surface area contributed by atoms with Gasteiger partial charge in [0.2, 0.25) is 0 Å². The van der Waals surface area contributed by atoms with E-state index in [1.807, 2.05) is 4.90 Å². The second-order valence-electron chi connectivity index (χ2n) is 7.54. The third kappa shape index (κ3) is 5.72. The van der Waals surface area contributed by atoms with Crippen LogP contribution in [0.3, 0.4) is 0 Å². The summed E-state index contributed by atoms with van der Waals surface area (Å²) in [7, 11) is 1.54. The monoisotopic (exact) mass is 469 g/mol. The lowest BCUT2D eigenvalue weighted by Crippen LogP contribution is -2.39. The van der Waals surface area contributed by atoms with E-state index in [-0.39, 0.29) is 23.5 Å². The fourth-order valence-corrected chi connectivity index (χ4v) is 3.56. The van der Waals surface area contributed by atoms with Gasteiger partial charge in [-0.25, -0.2) is 19.3 Å². The Morgan fingerprint density at radius 3 is 2.88 bits per heavy atom. The van der Waals surface area contributed by atoms with Crippen LogP contribution in [0.25, 0.3) is 11.2 Å². The number of fused-ring (bicyclic) bond motifs is 1. The van der Waals surface area contributed by atoms with Crippen molar-refractivity contribution in [2.45, 2.75) is 25.4 Å². The molecule has 1 saturated heterocycles. The molecule has 1 aliphatic heterocycles. The molecule has 0 spiro atoms. The molecule has 1 N–H and O–H groups in total. The number of rotatable bonds is 8. The third-order valence-corrected chi connectivity index (χ3v) is 5.08. The summed E-state index contributed by atoms with van der Waals surface area (Å²) in [4.78, 5) is 19.0. The number of nitrogens with zero attached hydrogens (tertiary/aromatic N) is 6. The number of methoxy groups -OCH3 is 1. The maximum atomic E-state index is 14.0. The second kappa shape index (κ2) is 9.93. The smallest absolute Gasteiger partial charge is 0.383 e. The highest BCUT2D eigenvalue weighted by Gasteiger charge is 2.31. The standard InChI is InChI=1S/C20H23F4N7O2/c1-32-7-5-26-18-16-19(31(12-27-16)11-20(22,23)24)29-17(28-18)15-10-30(6-8-33-15)9-14-13(21)3-2-4-25-14/h2-4,12,15H,5-11H2,1H3,(H,26,28,29). The van der Waals surface area contributed by atoms with E-state index in [1.165, 1.54) is 25.4 Å². The van der Waals surface area contributed by atoms with Gasteiger partial charge >= 0.3 is 6.18 Å². The van der Waals surface area contributed by atoms with Crippen LogP contribution < -0.4 is 5.32 Å². The van der Waals surface area contributed by atoms with Gasteiger partial charge in [0.05, 0.1) is 25.2 Å². The fourth-order valence-electron chi connectivity index (χ4n) is 3.56. The van der Waals surface area contributed by atoms with Gasteiger partial charge in [-0.1, -0.05) is 0 Å². The van der Waals surface area contributed by atoms with Crippen LogP contribution in [-0.4, -0.2) is 75.5 Å².